The number of fused-ring (bicyclic) bond motifs is 1. The van der Waals surface area contributed by atoms with Gasteiger partial charge >= 0.3 is 6.03 Å². The lowest BCUT2D eigenvalue weighted by Gasteiger charge is -2.33. The zero-order valence-corrected chi connectivity index (χ0v) is 15.1. The average Bonchev–Trinajstić information content (AvgIpc) is 3.31. The Kier molecular flexibility index (Phi) is 4.65. The maximum Gasteiger partial charge on any atom is 0.317 e. The zero-order valence-electron chi connectivity index (χ0n) is 15.1. The normalized spacial score (nSPS) is 16.7. The first kappa shape index (κ1) is 16.7. The number of H-pyrrole nitrogens is 1. The first-order chi connectivity index (χ1) is 12.7. The van der Waals surface area contributed by atoms with Crippen LogP contribution in [0, 0.1) is 0 Å². The minimum atomic E-state index is 0.0297. The zero-order chi connectivity index (χ0) is 17.9. The number of rotatable bonds is 4. The second kappa shape index (κ2) is 7.23. The van der Waals surface area contributed by atoms with Crippen LogP contribution in [0.4, 0.5) is 4.79 Å². The van der Waals surface area contributed by atoms with Crippen LogP contribution in [0.3, 0.4) is 0 Å². The molecule has 136 valence electrons. The second-order valence-corrected chi connectivity index (χ2v) is 7.13. The molecule has 0 spiro atoms. The van der Waals surface area contributed by atoms with Gasteiger partial charge in [-0.3, -0.25) is 4.68 Å². The van der Waals surface area contributed by atoms with Gasteiger partial charge in [0, 0.05) is 48.6 Å². The smallest absolute Gasteiger partial charge is 0.317 e. The van der Waals surface area contributed by atoms with Crippen LogP contribution in [0.5, 0.6) is 0 Å². The number of hydrogen-bond acceptors (Lipinski definition) is 2. The Morgan fingerprint density at radius 3 is 2.88 bits per heavy atom. The van der Waals surface area contributed by atoms with Crippen molar-refractivity contribution in [1.29, 1.82) is 0 Å². The Labute approximate surface area is 153 Å². The van der Waals surface area contributed by atoms with E-state index in [0.29, 0.717) is 12.5 Å². The minimum Gasteiger partial charge on any atom is -0.361 e. The molecule has 1 fully saturated rings. The highest BCUT2D eigenvalue weighted by Crippen LogP contribution is 2.33. The molecule has 1 aliphatic heterocycles. The number of aromatic amines is 1. The van der Waals surface area contributed by atoms with E-state index in [9.17, 15) is 4.79 Å². The third-order valence-electron chi connectivity index (χ3n) is 5.23. The molecule has 6 nitrogen and oxygen atoms in total. The Bertz CT molecular complexity index is 861. The van der Waals surface area contributed by atoms with E-state index in [2.05, 4.69) is 45.9 Å². The van der Waals surface area contributed by atoms with Crippen LogP contribution in [0.1, 0.15) is 31.2 Å². The van der Waals surface area contributed by atoms with Gasteiger partial charge in [-0.1, -0.05) is 18.2 Å². The molecule has 2 aromatic heterocycles. The lowest BCUT2D eigenvalue weighted by atomic mass is 9.89. The van der Waals surface area contributed by atoms with E-state index in [1.807, 2.05) is 28.8 Å². The van der Waals surface area contributed by atoms with Gasteiger partial charge in [0.05, 0.1) is 6.54 Å². The molecule has 4 rings (SSSR count). The van der Waals surface area contributed by atoms with Crippen molar-refractivity contribution in [2.45, 2.75) is 38.3 Å². The van der Waals surface area contributed by atoms with Crippen molar-refractivity contribution >= 4 is 16.9 Å². The SMILES string of the molecule is CC(Cn1cccn1)NC(=O)N1CCC(c2c[nH]c3ccccc23)CC1. The van der Waals surface area contributed by atoms with Crippen molar-refractivity contribution in [3.63, 3.8) is 0 Å². The quantitative estimate of drug-likeness (QED) is 0.757. The monoisotopic (exact) mass is 351 g/mol. The molecule has 1 aliphatic rings. The molecule has 0 radical (unpaired) electrons. The summed E-state index contributed by atoms with van der Waals surface area (Å²) in [5.41, 5.74) is 2.57. The maximum atomic E-state index is 12.5. The molecule has 1 aromatic carbocycles. The Morgan fingerprint density at radius 2 is 2.12 bits per heavy atom. The Hall–Kier alpha value is -2.76. The summed E-state index contributed by atoms with van der Waals surface area (Å²) in [5.74, 6) is 0.511. The molecule has 6 heteroatoms. The van der Waals surface area contributed by atoms with Crippen molar-refractivity contribution in [2.24, 2.45) is 0 Å². The summed E-state index contributed by atoms with van der Waals surface area (Å²) < 4.78 is 1.84. The van der Waals surface area contributed by atoms with Gasteiger partial charge in [0.15, 0.2) is 0 Å². The highest BCUT2D eigenvalue weighted by Gasteiger charge is 2.26. The van der Waals surface area contributed by atoms with Crippen LogP contribution in [-0.2, 0) is 6.54 Å². The third-order valence-corrected chi connectivity index (χ3v) is 5.23. The van der Waals surface area contributed by atoms with Crippen LogP contribution in [0.15, 0.2) is 48.9 Å². The number of amides is 2. The number of carbonyl (C=O) groups is 1. The number of aromatic nitrogens is 3. The number of hydrogen-bond donors (Lipinski definition) is 2. The number of carbonyl (C=O) groups excluding carboxylic acids is 1. The first-order valence-electron chi connectivity index (χ1n) is 9.29. The molecule has 0 saturated carbocycles. The van der Waals surface area contributed by atoms with Crippen LogP contribution in [-0.4, -0.2) is 44.8 Å². The molecule has 2 amide bonds. The van der Waals surface area contributed by atoms with Gasteiger partial charge in [-0.05, 0) is 43.4 Å². The predicted octanol–water partition coefficient (Wildman–Crippen LogP) is 3.34. The summed E-state index contributed by atoms with van der Waals surface area (Å²) >= 11 is 0. The largest absolute Gasteiger partial charge is 0.361 e. The number of nitrogens with one attached hydrogen (secondary N) is 2. The molecule has 1 atom stereocenters. The average molecular weight is 351 g/mol. The topological polar surface area (TPSA) is 66.0 Å². The lowest BCUT2D eigenvalue weighted by molar-refractivity contribution is 0.177. The summed E-state index contributed by atoms with van der Waals surface area (Å²) in [4.78, 5) is 17.8. The summed E-state index contributed by atoms with van der Waals surface area (Å²) in [7, 11) is 0. The number of nitrogens with zero attached hydrogens (tertiary/aromatic N) is 3. The van der Waals surface area contributed by atoms with E-state index in [-0.39, 0.29) is 12.1 Å². The molecule has 3 heterocycles. The fraction of sp³-hybridized carbons (Fsp3) is 0.400. The number of likely N-dealkylation sites (tertiary alicyclic amines) is 1. The van der Waals surface area contributed by atoms with Gasteiger partial charge < -0.3 is 15.2 Å². The highest BCUT2D eigenvalue weighted by molar-refractivity contribution is 5.83. The number of benzene rings is 1. The Morgan fingerprint density at radius 1 is 1.31 bits per heavy atom. The minimum absolute atomic E-state index is 0.0297. The number of piperidine rings is 1. The van der Waals surface area contributed by atoms with Crippen molar-refractivity contribution in [1.82, 2.24) is 25.0 Å². The Balaban J connectivity index is 1.32. The van der Waals surface area contributed by atoms with Gasteiger partial charge in [-0.2, -0.15) is 5.10 Å². The molecule has 1 saturated heterocycles. The van der Waals surface area contributed by atoms with Crippen LogP contribution >= 0.6 is 0 Å². The van der Waals surface area contributed by atoms with Gasteiger partial charge in [-0.15, -0.1) is 0 Å². The molecule has 3 aromatic rings. The molecule has 26 heavy (non-hydrogen) atoms. The standard InChI is InChI=1S/C20H25N5O/c1-15(14-25-10-4-9-22-25)23-20(26)24-11-7-16(8-12-24)18-13-21-19-6-3-2-5-17(18)19/h2-6,9-10,13,15-16,21H,7-8,11-12,14H2,1H3,(H,23,26). The molecule has 2 N–H and O–H groups in total. The molecular weight excluding hydrogens is 326 g/mol. The van der Waals surface area contributed by atoms with Crippen molar-refractivity contribution < 1.29 is 4.79 Å². The second-order valence-electron chi connectivity index (χ2n) is 7.13. The fourth-order valence-corrected chi connectivity index (χ4v) is 3.86. The summed E-state index contributed by atoms with van der Waals surface area (Å²) in [6.45, 7) is 4.29. The molecule has 1 unspecified atom stereocenters. The number of para-hydroxylation sites is 1. The summed E-state index contributed by atoms with van der Waals surface area (Å²) in [6.07, 6.45) is 7.81. The number of urea groups is 1. The summed E-state index contributed by atoms with van der Waals surface area (Å²) in [5, 5.41) is 8.58. The molecule has 0 bridgehead atoms. The van der Waals surface area contributed by atoms with Crippen LogP contribution < -0.4 is 5.32 Å². The highest BCUT2D eigenvalue weighted by atomic mass is 16.2. The first-order valence-corrected chi connectivity index (χ1v) is 9.29. The molecule has 0 aliphatic carbocycles. The van der Waals surface area contributed by atoms with Gasteiger partial charge in [-0.25, -0.2) is 4.79 Å². The van der Waals surface area contributed by atoms with Gasteiger partial charge in [0.25, 0.3) is 0 Å². The molecular formula is C20H25N5O. The van der Waals surface area contributed by atoms with Crippen molar-refractivity contribution in [2.75, 3.05) is 13.1 Å². The third kappa shape index (κ3) is 3.45. The maximum absolute atomic E-state index is 12.5. The predicted molar refractivity (Wildman–Crippen MR) is 102 cm³/mol. The van der Waals surface area contributed by atoms with Crippen LogP contribution in [0.2, 0.25) is 0 Å². The van der Waals surface area contributed by atoms with E-state index in [4.69, 9.17) is 0 Å². The van der Waals surface area contributed by atoms with E-state index in [0.717, 1.165) is 25.9 Å². The van der Waals surface area contributed by atoms with E-state index in [1.165, 1.54) is 16.5 Å². The van der Waals surface area contributed by atoms with Gasteiger partial charge in [0.1, 0.15) is 0 Å². The van der Waals surface area contributed by atoms with E-state index in [1.54, 1.807) is 6.20 Å². The van der Waals surface area contributed by atoms with Gasteiger partial charge in [0.2, 0.25) is 0 Å². The van der Waals surface area contributed by atoms with E-state index >= 15 is 0 Å². The van der Waals surface area contributed by atoms with Crippen molar-refractivity contribution in [3.05, 3.63) is 54.5 Å². The lowest BCUT2D eigenvalue weighted by Crippen LogP contribution is -2.47. The van der Waals surface area contributed by atoms with Crippen molar-refractivity contribution in [3.8, 4) is 0 Å². The van der Waals surface area contributed by atoms with Crippen LogP contribution in [0.25, 0.3) is 10.9 Å². The summed E-state index contributed by atoms with van der Waals surface area (Å²) in [6, 6.07) is 10.4. The van der Waals surface area contributed by atoms with E-state index < -0.39 is 0 Å². The fourth-order valence-electron chi connectivity index (χ4n) is 3.86.